The molecular formula is C26H36N2O2. The fourth-order valence-electron chi connectivity index (χ4n) is 3.47. The van der Waals surface area contributed by atoms with E-state index in [9.17, 15) is 4.79 Å². The standard InChI is InChI=1S/C26H36N2O2/c1-7-28(8-2)24(21-12-14-22(15-13-21)26(3,4)5)19-27-25(29)18-11-20-9-16-23(30-6)17-10-20/h9-18,24H,7-8,19H2,1-6H3,(H,27,29)/b18-11+/t24-/m1/s1. The molecule has 0 unspecified atom stereocenters. The first-order valence-electron chi connectivity index (χ1n) is 10.7. The number of benzene rings is 2. The number of hydrogen-bond acceptors (Lipinski definition) is 3. The molecule has 0 spiro atoms. The van der Waals surface area contributed by atoms with Crippen molar-refractivity contribution in [1.29, 1.82) is 0 Å². The van der Waals surface area contributed by atoms with Gasteiger partial charge in [0.1, 0.15) is 5.75 Å². The van der Waals surface area contributed by atoms with E-state index in [0.717, 1.165) is 24.4 Å². The van der Waals surface area contributed by atoms with Crippen LogP contribution >= 0.6 is 0 Å². The van der Waals surface area contributed by atoms with Crippen molar-refractivity contribution in [2.45, 2.75) is 46.1 Å². The molecule has 2 aromatic rings. The molecule has 2 rings (SSSR count). The molecule has 4 nitrogen and oxygen atoms in total. The van der Waals surface area contributed by atoms with E-state index in [1.54, 1.807) is 13.2 Å². The van der Waals surface area contributed by atoms with Gasteiger partial charge in [-0.2, -0.15) is 0 Å². The molecule has 4 heteroatoms. The van der Waals surface area contributed by atoms with Crippen molar-refractivity contribution < 1.29 is 9.53 Å². The SMILES string of the molecule is CCN(CC)[C@H](CNC(=O)/C=C/c1ccc(OC)cc1)c1ccc(C(C)(C)C)cc1. The second-order valence-corrected chi connectivity index (χ2v) is 8.46. The predicted molar refractivity (Wildman–Crippen MR) is 126 cm³/mol. The van der Waals surface area contributed by atoms with Crippen molar-refractivity contribution in [2.75, 3.05) is 26.7 Å². The van der Waals surface area contributed by atoms with Gasteiger partial charge in [-0.05, 0) is 53.4 Å². The van der Waals surface area contributed by atoms with E-state index in [0.29, 0.717) is 6.54 Å². The van der Waals surface area contributed by atoms with Crippen LogP contribution in [0, 0.1) is 0 Å². The smallest absolute Gasteiger partial charge is 0.244 e. The van der Waals surface area contributed by atoms with Crippen LogP contribution in [0.25, 0.3) is 6.08 Å². The second kappa shape index (κ2) is 11.0. The molecule has 0 aromatic heterocycles. The maximum Gasteiger partial charge on any atom is 0.244 e. The van der Waals surface area contributed by atoms with E-state index in [4.69, 9.17) is 4.74 Å². The van der Waals surface area contributed by atoms with Crippen molar-refractivity contribution in [3.05, 3.63) is 71.3 Å². The number of likely N-dealkylation sites (N-methyl/N-ethyl adjacent to an activating group) is 1. The first-order valence-corrected chi connectivity index (χ1v) is 10.7. The molecule has 30 heavy (non-hydrogen) atoms. The van der Waals surface area contributed by atoms with Gasteiger partial charge in [0.15, 0.2) is 0 Å². The molecule has 0 heterocycles. The third kappa shape index (κ3) is 6.74. The number of carbonyl (C=O) groups is 1. The molecule has 0 fully saturated rings. The zero-order valence-corrected chi connectivity index (χ0v) is 19.2. The highest BCUT2D eigenvalue weighted by atomic mass is 16.5. The summed E-state index contributed by atoms with van der Waals surface area (Å²) >= 11 is 0. The molecule has 0 aliphatic rings. The third-order valence-electron chi connectivity index (χ3n) is 5.43. The van der Waals surface area contributed by atoms with E-state index in [1.165, 1.54) is 11.1 Å². The van der Waals surface area contributed by atoms with E-state index in [2.05, 4.69) is 69.1 Å². The lowest BCUT2D eigenvalue weighted by Crippen LogP contribution is -2.37. The number of carbonyl (C=O) groups excluding carboxylic acids is 1. The average Bonchev–Trinajstić information content (AvgIpc) is 2.75. The first-order chi connectivity index (χ1) is 14.3. The highest BCUT2D eigenvalue weighted by Gasteiger charge is 2.20. The topological polar surface area (TPSA) is 41.6 Å². The Morgan fingerprint density at radius 3 is 2.13 bits per heavy atom. The average molecular weight is 409 g/mol. The van der Waals surface area contributed by atoms with Crippen LogP contribution in [0.5, 0.6) is 5.75 Å². The Morgan fingerprint density at radius 1 is 1.03 bits per heavy atom. The van der Waals surface area contributed by atoms with Gasteiger partial charge in [0.25, 0.3) is 0 Å². The molecular weight excluding hydrogens is 372 g/mol. The fourth-order valence-corrected chi connectivity index (χ4v) is 3.47. The van der Waals surface area contributed by atoms with Gasteiger partial charge in [0.05, 0.1) is 13.2 Å². The number of ether oxygens (including phenoxy) is 1. The predicted octanol–water partition coefficient (Wildman–Crippen LogP) is 5.21. The van der Waals surface area contributed by atoms with Crippen LogP contribution in [0.3, 0.4) is 0 Å². The highest BCUT2D eigenvalue weighted by Crippen LogP contribution is 2.26. The molecule has 0 aliphatic heterocycles. The lowest BCUT2D eigenvalue weighted by atomic mass is 9.86. The summed E-state index contributed by atoms with van der Waals surface area (Å²) in [6.07, 6.45) is 3.41. The molecule has 1 amide bonds. The maximum absolute atomic E-state index is 12.4. The van der Waals surface area contributed by atoms with Crippen LogP contribution in [-0.4, -0.2) is 37.6 Å². The van der Waals surface area contributed by atoms with E-state index in [-0.39, 0.29) is 17.4 Å². The molecule has 1 N–H and O–H groups in total. The Kier molecular flexibility index (Phi) is 8.67. The van der Waals surface area contributed by atoms with Gasteiger partial charge in [0, 0.05) is 12.6 Å². The minimum Gasteiger partial charge on any atom is -0.497 e. The Labute approximate surface area is 181 Å². The quantitative estimate of drug-likeness (QED) is 0.580. The summed E-state index contributed by atoms with van der Waals surface area (Å²) in [5.74, 6) is 0.713. The molecule has 0 radical (unpaired) electrons. The normalized spacial score (nSPS) is 12.9. The summed E-state index contributed by atoms with van der Waals surface area (Å²) in [6, 6.07) is 16.6. The second-order valence-electron chi connectivity index (χ2n) is 8.46. The van der Waals surface area contributed by atoms with Crippen LogP contribution < -0.4 is 10.1 Å². The summed E-state index contributed by atoms with van der Waals surface area (Å²) in [7, 11) is 1.64. The van der Waals surface area contributed by atoms with Gasteiger partial charge in [0.2, 0.25) is 5.91 Å². The zero-order valence-electron chi connectivity index (χ0n) is 19.2. The monoisotopic (exact) mass is 408 g/mol. The largest absolute Gasteiger partial charge is 0.497 e. The molecule has 0 bridgehead atoms. The summed E-state index contributed by atoms with van der Waals surface area (Å²) < 4.78 is 5.16. The summed E-state index contributed by atoms with van der Waals surface area (Å²) in [4.78, 5) is 14.8. The lowest BCUT2D eigenvalue weighted by Gasteiger charge is -2.30. The van der Waals surface area contributed by atoms with Crippen LogP contribution in [0.1, 0.15) is 57.4 Å². The van der Waals surface area contributed by atoms with Crippen molar-refractivity contribution in [3.8, 4) is 5.75 Å². The van der Waals surface area contributed by atoms with E-state index >= 15 is 0 Å². The number of amides is 1. The van der Waals surface area contributed by atoms with Gasteiger partial charge in [-0.1, -0.05) is 71.0 Å². The number of nitrogens with one attached hydrogen (secondary N) is 1. The number of rotatable bonds is 9. The molecule has 162 valence electrons. The Morgan fingerprint density at radius 2 is 1.63 bits per heavy atom. The van der Waals surface area contributed by atoms with Crippen LogP contribution in [0.4, 0.5) is 0 Å². The van der Waals surface area contributed by atoms with Crippen molar-refractivity contribution in [2.24, 2.45) is 0 Å². The Balaban J connectivity index is 2.07. The van der Waals surface area contributed by atoms with Gasteiger partial charge in [-0.3, -0.25) is 9.69 Å². The number of hydrogen-bond donors (Lipinski definition) is 1. The molecule has 0 saturated heterocycles. The third-order valence-corrected chi connectivity index (χ3v) is 5.43. The lowest BCUT2D eigenvalue weighted by molar-refractivity contribution is -0.116. The van der Waals surface area contributed by atoms with Gasteiger partial charge in [-0.15, -0.1) is 0 Å². The van der Waals surface area contributed by atoms with Crippen LogP contribution in [-0.2, 0) is 10.2 Å². The zero-order chi connectivity index (χ0) is 22.1. The van der Waals surface area contributed by atoms with Crippen LogP contribution in [0.2, 0.25) is 0 Å². The minimum atomic E-state index is -0.0886. The van der Waals surface area contributed by atoms with Crippen molar-refractivity contribution >= 4 is 12.0 Å². The minimum absolute atomic E-state index is 0.0886. The van der Waals surface area contributed by atoms with Gasteiger partial charge >= 0.3 is 0 Å². The van der Waals surface area contributed by atoms with Crippen molar-refractivity contribution in [1.82, 2.24) is 10.2 Å². The number of methoxy groups -OCH3 is 1. The summed E-state index contributed by atoms with van der Waals surface area (Å²) in [5, 5.41) is 3.08. The van der Waals surface area contributed by atoms with Crippen molar-refractivity contribution in [3.63, 3.8) is 0 Å². The van der Waals surface area contributed by atoms with E-state index < -0.39 is 0 Å². The maximum atomic E-state index is 12.4. The summed E-state index contributed by atoms with van der Waals surface area (Å²) in [5.41, 5.74) is 3.63. The Bertz CT molecular complexity index is 814. The summed E-state index contributed by atoms with van der Waals surface area (Å²) in [6.45, 7) is 13.4. The highest BCUT2D eigenvalue weighted by molar-refractivity contribution is 5.91. The fraction of sp³-hybridized carbons (Fsp3) is 0.423. The number of nitrogens with zero attached hydrogens (tertiary/aromatic N) is 1. The van der Waals surface area contributed by atoms with Gasteiger partial charge in [-0.25, -0.2) is 0 Å². The Hall–Kier alpha value is -2.59. The molecule has 0 saturated carbocycles. The molecule has 2 aromatic carbocycles. The van der Waals surface area contributed by atoms with Crippen LogP contribution in [0.15, 0.2) is 54.6 Å². The molecule has 1 atom stereocenters. The first kappa shape index (κ1) is 23.7. The van der Waals surface area contributed by atoms with Gasteiger partial charge < -0.3 is 10.1 Å². The van der Waals surface area contributed by atoms with E-state index in [1.807, 2.05) is 30.3 Å². The molecule has 0 aliphatic carbocycles.